The zero-order valence-electron chi connectivity index (χ0n) is 11.9. The number of sulfonamides is 1. The highest BCUT2D eigenvalue weighted by molar-refractivity contribution is 7.88. The summed E-state index contributed by atoms with van der Waals surface area (Å²) in [4.78, 5) is 10.8. The lowest BCUT2D eigenvalue weighted by Gasteiger charge is -2.30. The minimum absolute atomic E-state index is 0.0366. The lowest BCUT2D eigenvalue weighted by atomic mass is 10.1. The van der Waals surface area contributed by atoms with Crippen molar-refractivity contribution in [3.63, 3.8) is 0 Å². The second-order valence-electron chi connectivity index (χ2n) is 5.26. The highest BCUT2D eigenvalue weighted by Crippen LogP contribution is 2.18. The average Bonchev–Trinajstić information content (AvgIpc) is 2.47. The fourth-order valence-corrected chi connectivity index (χ4v) is 3.94. The van der Waals surface area contributed by atoms with Gasteiger partial charge in [0.15, 0.2) is 0 Å². The van der Waals surface area contributed by atoms with Gasteiger partial charge in [-0.3, -0.25) is 0 Å². The van der Waals surface area contributed by atoms with Gasteiger partial charge in [-0.15, -0.1) is 0 Å². The molecule has 0 radical (unpaired) electrons. The van der Waals surface area contributed by atoms with Crippen LogP contribution in [0.1, 0.15) is 28.8 Å². The molecule has 0 atom stereocenters. The van der Waals surface area contributed by atoms with Gasteiger partial charge in [-0.05, 0) is 43.6 Å². The molecule has 1 aliphatic rings. The Bertz CT molecular complexity index is 592. The first-order valence-corrected chi connectivity index (χ1v) is 8.50. The number of benzene rings is 1. The molecule has 0 spiro atoms. The topological polar surface area (TPSA) is 86.7 Å². The van der Waals surface area contributed by atoms with Crippen LogP contribution in [0.2, 0.25) is 0 Å². The van der Waals surface area contributed by atoms with Crippen LogP contribution in [0, 0.1) is 0 Å². The zero-order chi connectivity index (χ0) is 15.5. The maximum Gasteiger partial charge on any atom is 0.335 e. The first-order chi connectivity index (χ1) is 9.90. The molecular formula is C14H20N2O4S. The van der Waals surface area contributed by atoms with Crippen LogP contribution in [0.25, 0.3) is 0 Å². The molecule has 0 amide bonds. The smallest absolute Gasteiger partial charge is 0.335 e. The highest BCUT2D eigenvalue weighted by atomic mass is 32.2. The van der Waals surface area contributed by atoms with E-state index in [2.05, 4.69) is 5.32 Å². The summed E-state index contributed by atoms with van der Waals surface area (Å²) in [6.45, 7) is 1.66. The van der Waals surface area contributed by atoms with Crippen LogP contribution in [-0.2, 0) is 15.8 Å². The third kappa shape index (κ3) is 4.03. The van der Waals surface area contributed by atoms with E-state index in [1.165, 1.54) is 16.4 Å². The van der Waals surface area contributed by atoms with Crippen LogP contribution < -0.4 is 5.32 Å². The van der Waals surface area contributed by atoms with Crippen molar-refractivity contribution >= 4 is 16.0 Å². The van der Waals surface area contributed by atoms with Gasteiger partial charge < -0.3 is 10.4 Å². The zero-order valence-corrected chi connectivity index (χ0v) is 12.8. The molecule has 0 bridgehead atoms. The van der Waals surface area contributed by atoms with Gasteiger partial charge in [0, 0.05) is 13.1 Å². The Morgan fingerprint density at radius 2 is 1.86 bits per heavy atom. The Balaban J connectivity index is 2.07. The minimum Gasteiger partial charge on any atom is -0.478 e. The van der Waals surface area contributed by atoms with Crippen LogP contribution in [-0.4, -0.2) is 50.0 Å². The fourth-order valence-electron chi connectivity index (χ4n) is 2.45. The van der Waals surface area contributed by atoms with E-state index in [-0.39, 0.29) is 17.4 Å². The molecule has 1 saturated heterocycles. The van der Waals surface area contributed by atoms with E-state index >= 15 is 0 Å². The van der Waals surface area contributed by atoms with Crippen molar-refractivity contribution in [3.05, 3.63) is 35.4 Å². The van der Waals surface area contributed by atoms with Crippen LogP contribution in [0.3, 0.4) is 0 Å². The Hall–Kier alpha value is -1.44. The number of hydrogen-bond donors (Lipinski definition) is 2. The van der Waals surface area contributed by atoms with E-state index in [1.54, 1.807) is 19.2 Å². The summed E-state index contributed by atoms with van der Waals surface area (Å²) in [6.07, 6.45) is 1.63. The first-order valence-electron chi connectivity index (χ1n) is 6.89. The number of aromatic carboxylic acids is 1. The van der Waals surface area contributed by atoms with E-state index in [9.17, 15) is 13.2 Å². The summed E-state index contributed by atoms with van der Waals surface area (Å²) in [5, 5.41) is 12.0. The Labute approximate surface area is 124 Å². The number of nitrogens with one attached hydrogen (secondary N) is 1. The maximum absolute atomic E-state index is 12.4. The van der Waals surface area contributed by atoms with Crippen molar-refractivity contribution in [1.82, 2.24) is 9.62 Å². The number of nitrogens with zero attached hydrogens (tertiary/aromatic N) is 1. The van der Waals surface area contributed by atoms with E-state index in [4.69, 9.17) is 5.11 Å². The average molecular weight is 312 g/mol. The molecule has 1 aliphatic heterocycles. The Morgan fingerprint density at radius 3 is 2.38 bits per heavy atom. The van der Waals surface area contributed by atoms with Crippen LogP contribution >= 0.6 is 0 Å². The van der Waals surface area contributed by atoms with Crippen LogP contribution in [0.4, 0.5) is 0 Å². The second kappa shape index (κ2) is 6.55. The minimum atomic E-state index is -3.39. The van der Waals surface area contributed by atoms with Crippen molar-refractivity contribution in [2.24, 2.45) is 0 Å². The van der Waals surface area contributed by atoms with Gasteiger partial charge in [0.2, 0.25) is 10.0 Å². The van der Waals surface area contributed by atoms with Crippen molar-refractivity contribution in [2.75, 3.05) is 20.1 Å². The molecule has 0 aromatic heterocycles. The molecule has 1 fully saturated rings. The van der Waals surface area contributed by atoms with E-state index < -0.39 is 16.0 Å². The van der Waals surface area contributed by atoms with E-state index in [1.807, 2.05) is 0 Å². The van der Waals surface area contributed by atoms with E-state index in [0.29, 0.717) is 5.56 Å². The molecular weight excluding hydrogens is 292 g/mol. The number of hydrogen-bond acceptors (Lipinski definition) is 4. The Morgan fingerprint density at radius 1 is 1.29 bits per heavy atom. The number of carbonyl (C=O) groups is 1. The maximum atomic E-state index is 12.4. The SMILES string of the molecule is CN(C1CCNCC1)S(=O)(=O)Cc1ccc(C(=O)O)cc1. The molecule has 2 N–H and O–H groups in total. The molecule has 7 heteroatoms. The summed E-state index contributed by atoms with van der Waals surface area (Å²) in [7, 11) is -1.77. The summed E-state index contributed by atoms with van der Waals surface area (Å²) < 4.78 is 26.3. The molecule has 1 aromatic carbocycles. The molecule has 6 nitrogen and oxygen atoms in total. The van der Waals surface area contributed by atoms with Gasteiger partial charge >= 0.3 is 5.97 Å². The van der Waals surface area contributed by atoms with Crippen molar-refractivity contribution in [3.8, 4) is 0 Å². The third-order valence-corrected chi connectivity index (χ3v) is 5.69. The van der Waals surface area contributed by atoms with Gasteiger partial charge in [0.25, 0.3) is 0 Å². The molecule has 0 saturated carbocycles. The summed E-state index contributed by atoms with van der Waals surface area (Å²) >= 11 is 0. The van der Waals surface area contributed by atoms with Gasteiger partial charge in [0.05, 0.1) is 11.3 Å². The third-order valence-electron chi connectivity index (χ3n) is 3.81. The number of piperidine rings is 1. The van der Waals surface area contributed by atoms with Crippen molar-refractivity contribution < 1.29 is 18.3 Å². The molecule has 2 rings (SSSR count). The second-order valence-corrected chi connectivity index (χ2v) is 7.28. The van der Waals surface area contributed by atoms with Gasteiger partial charge in [-0.2, -0.15) is 0 Å². The fraction of sp³-hybridized carbons (Fsp3) is 0.500. The normalized spacial score (nSPS) is 17.0. The van der Waals surface area contributed by atoms with Gasteiger partial charge in [-0.1, -0.05) is 12.1 Å². The van der Waals surface area contributed by atoms with E-state index in [0.717, 1.165) is 25.9 Å². The standard InChI is InChI=1S/C14H20N2O4S/c1-16(13-6-8-15-9-7-13)21(19,20)10-11-2-4-12(5-3-11)14(17)18/h2-5,13,15H,6-10H2,1H3,(H,17,18). The molecule has 116 valence electrons. The molecule has 1 heterocycles. The van der Waals surface area contributed by atoms with Crippen LogP contribution in [0.15, 0.2) is 24.3 Å². The van der Waals surface area contributed by atoms with Crippen molar-refractivity contribution in [2.45, 2.75) is 24.6 Å². The summed E-state index contributed by atoms with van der Waals surface area (Å²) in [5.41, 5.74) is 0.753. The number of rotatable bonds is 5. The number of carboxylic acids is 1. The predicted molar refractivity (Wildman–Crippen MR) is 79.7 cm³/mol. The lowest BCUT2D eigenvalue weighted by molar-refractivity contribution is 0.0697. The van der Waals surface area contributed by atoms with Gasteiger partial charge in [-0.25, -0.2) is 17.5 Å². The molecule has 21 heavy (non-hydrogen) atoms. The summed E-state index contributed by atoms with van der Waals surface area (Å²) in [6, 6.07) is 6.00. The molecule has 0 unspecified atom stereocenters. The highest BCUT2D eigenvalue weighted by Gasteiger charge is 2.27. The molecule has 1 aromatic rings. The quantitative estimate of drug-likeness (QED) is 0.843. The largest absolute Gasteiger partial charge is 0.478 e. The lowest BCUT2D eigenvalue weighted by Crippen LogP contribution is -2.44. The summed E-state index contributed by atoms with van der Waals surface area (Å²) in [5.74, 6) is -1.12. The molecule has 0 aliphatic carbocycles. The van der Waals surface area contributed by atoms with Crippen LogP contribution in [0.5, 0.6) is 0 Å². The predicted octanol–water partition coefficient (Wildman–Crippen LogP) is 0.898. The van der Waals surface area contributed by atoms with Gasteiger partial charge in [0.1, 0.15) is 0 Å². The number of carboxylic acid groups (broad SMARTS) is 1. The first kappa shape index (κ1) is 15.9. The monoisotopic (exact) mass is 312 g/mol. The van der Waals surface area contributed by atoms with Crippen molar-refractivity contribution in [1.29, 1.82) is 0 Å². The Kier molecular flexibility index (Phi) is 4.97.